The SMILES string of the molecule is BC(=O)OCC(C)(C)Cc1c(-c2cccnc2[C@H](C)OC)n(CC)c2ccc(-c3cccc(C[C@H](NC(=O)[C@@H]4[C@@H](C)CC(=O)N4CC4CN(CC=C)C4)C(=O)N4CCCCN4)c3)cc12. The van der Waals surface area contributed by atoms with Crippen molar-refractivity contribution in [3.8, 4) is 22.4 Å². The normalized spacial score (nSPS) is 19.4. The highest BCUT2D eigenvalue weighted by Crippen LogP contribution is 2.42. The van der Waals surface area contributed by atoms with Crippen LogP contribution in [-0.4, -0.2) is 121 Å². The number of hydrazine groups is 1. The van der Waals surface area contributed by atoms with Crippen LogP contribution in [0.1, 0.15) is 76.8 Å². The Morgan fingerprint density at radius 3 is 2.58 bits per heavy atom. The summed E-state index contributed by atoms with van der Waals surface area (Å²) in [4.78, 5) is 62.8. The summed E-state index contributed by atoms with van der Waals surface area (Å²) in [5, 5.41) is 5.91. The van der Waals surface area contributed by atoms with Gasteiger partial charge in [0, 0.05) is 99.8 Å². The molecule has 2 aromatic heterocycles. The van der Waals surface area contributed by atoms with Crippen LogP contribution in [0.2, 0.25) is 0 Å². The van der Waals surface area contributed by atoms with Gasteiger partial charge in [-0.3, -0.25) is 34.1 Å². The molecule has 64 heavy (non-hydrogen) atoms. The zero-order valence-electron chi connectivity index (χ0n) is 38.8. The van der Waals surface area contributed by atoms with Gasteiger partial charge in [0.25, 0.3) is 5.91 Å². The minimum Gasteiger partial charge on any atom is -0.474 e. The number of ether oxygens (including phenoxy) is 2. The second kappa shape index (κ2) is 20.3. The molecule has 0 bridgehead atoms. The highest BCUT2D eigenvalue weighted by Gasteiger charge is 2.45. The van der Waals surface area contributed by atoms with Crippen molar-refractivity contribution in [2.45, 2.75) is 91.5 Å². The number of rotatable bonds is 18. The molecule has 4 aromatic rings. The summed E-state index contributed by atoms with van der Waals surface area (Å²) in [6, 6.07) is 17.3. The molecule has 0 radical (unpaired) electrons. The maximum absolute atomic E-state index is 14.3. The first kappa shape index (κ1) is 46.7. The average molecular weight is 872 g/mol. The topological polar surface area (TPSA) is 138 Å². The summed E-state index contributed by atoms with van der Waals surface area (Å²) >= 11 is 0. The van der Waals surface area contributed by atoms with Crippen LogP contribution in [-0.2, 0) is 43.2 Å². The van der Waals surface area contributed by atoms with Gasteiger partial charge in [0.15, 0.2) is 0 Å². The molecule has 3 saturated heterocycles. The van der Waals surface area contributed by atoms with Gasteiger partial charge in [-0.2, -0.15) is 0 Å². The first-order valence-electron chi connectivity index (χ1n) is 23.1. The predicted molar refractivity (Wildman–Crippen MR) is 253 cm³/mol. The molecule has 7 rings (SSSR count). The molecule has 3 fully saturated rings. The Bertz CT molecular complexity index is 2350. The van der Waals surface area contributed by atoms with Gasteiger partial charge in [-0.15, -0.1) is 6.58 Å². The maximum atomic E-state index is 14.3. The molecule has 3 amide bonds. The van der Waals surface area contributed by atoms with Gasteiger partial charge in [-0.05, 0) is 85.5 Å². The van der Waals surface area contributed by atoms with Crippen LogP contribution < -0.4 is 10.7 Å². The number of aryl methyl sites for hydroxylation is 1. The molecule has 13 nitrogen and oxygen atoms in total. The van der Waals surface area contributed by atoms with Gasteiger partial charge in [0.2, 0.25) is 25.5 Å². The molecule has 5 heterocycles. The Morgan fingerprint density at radius 1 is 1.09 bits per heavy atom. The molecule has 340 valence electrons. The van der Waals surface area contributed by atoms with E-state index < -0.39 is 17.5 Å². The van der Waals surface area contributed by atoms with Crippen molar-refractivity contribution in [1.82, 2.24) is 35.1 Å². The van der Waals surface area contributed by atoms with Crippen molar-refractivity contribution in [3.63, 3.8) is 0 Å². The molecule has 0 saturated carbocycles. The van der Waals surface area contributed by atoms with Crippen LogP contribution in [0.3, 0.4) is 0 Å². The Hall–Kier alpha value is -5.31. The van der Waals surface area contributed by atoms with Crippen molar-refractivity contribution in [3.05, 3.63) is 90.3 Å². The van der Waals surface area contributed by atoms with Gasteiger partial charge >= 0.3 is 0 Å². The molecule has 3 aliphatic rings. The zero-order chi connectivity index (χ0) is 45.7. The minimum atomic E-state index is -0.845. The van der Waals surface area contributed by atoms with Crippen molar-refractivity contribution < 1.29 is 28.7 Å². The first-order valence-corrected chi connectivity index (χ1v) is 23.1. The van der Waals surface area contributed by atoms with Crippen LogP contribution in [0.5, 0.6) is 0 Å². The fraction of sp³-hybridized carbons (Fsp3) is 0.500. The molecule has 3 aliphatic heterocycles. The number of nitrogens with one attached hydrogen (secondary N) is 2. The van der Waals surface area contributed by atoms with Crippen LogP contribution in [0.25, 0.3) is 33.3 Å². The van der Waals surface area contributed by atoms with Gasteiger partial charge in [0.1, 0.15) is 12.1 Å². The third-order valence-corrected chi connectivity index (χ3v) is 13.2. The fourth-order valence-electron chi connectivity index (χ4n) is 9.92. The van der Waals surface area contributed by atoms with E-state index in [0.29, 0.717) is 44.9 Å². The Balaban J connectivity index is 1.22. The lowest BCUT2D eigenvalue weighted by molar-refractivity contribution is -0.142. The van der Waals surface area contributed by atoms with E-state index >= 15 is 0 Å². The number of hydrogen-bond acceptors (Lipinski definition) is 9. The van der Waals surface area contributed by atoms with Gasteiger partial charge in [0.05, 0.1) is 24.1 Å². The minimum absolute atomic E-state index is 0.0111. The van der Waals surface area contributed by atoms with Crippen molar-refractivity contribution in [2.24, 2.45) is 17.3 Å². The number of likely N-dealkylation sites (tertiary alicyclic amines) is 2. The lowest BCUT2D eigenvalue weighted by atomic mass is 9.84. The van der Waals surface area contributed by atoms with E-state index in [4.69, 9.17) is 14.5 Å². The van der Waals surface area contributed by atoms with E-state index in [2.05, 4.69) is 84.0 Å². The standard InChI is InChI=1S/C50H66BN7O6/c1-8-21-55-28-35(29-55)30-57-43(59)23-32(3)45(57)47(60)54-41(48(61)58-22-11-10-20-53-58)25-34-14-12-15-36(24-34)37-17-18-42-39(26-37)40(27-50(5,6)31-64-49(51)62)46(56(42)9-2)38-16-13-19-52-44(38)33(4)63-7/h8,12-19,24,26,32-33,35,41,45,53H,1,9-11,20-23,25,27-31,51H2,2-7H3,(H,54,60)/t32-,33-,41-,45-/m0/s1. The van der Waals surface area contributed by atoms with Crippen LogP contribution >= 0.6 is 0 Å². The zero-order valence-corrected chi connectivity index (χ0v) is 38.8. The average Bonchev–Trinajstić information content (AvgIpc) is 3.74. The first-order chi connectivity index (χ1) is 30.7. The molecule has 0 spiro atoms. The number of carbonyl (C=O) groups is 4. The Kier molecular flexibility index (Phi) is 14.8. The molecule has 2 aromatic carbocycles. The Morgan fingerprint density at radius 2 is 1.88 bits per heavy atom. The second-order valence-electron chi connectivity index (χ2n) is 18.9. The summed E-state index contributed by atoms with van der Waals surface area (Å²) in [5.74, 6) is -0.667. The van der Waals surface area contributed by atoms with Crippen molar-refractivity contribution in [2.75, 3.05) is 53.0 Å². The summed E-state index contributed by atoms with van der Waals surface area (Å²) in [7, 11) is 3.14. The molecular weight excluding hydrogens is 805 g/mol. The number of nitrogens with zero attached hydrogens (tertiary/aromatic N) is 5. The number of pyridine rings is 1. The molecule has 14 heteroatoms. The third kappa shape index (κ3) is 10.3. The third-order valence-electron chi connectivity index (χ3n) is 13.2. The maximum Gasteiger partial charge on any atom is 0.259 e. The number of hydrogen-bond donors (Lipinski definition) is 2. The largest absolute Gasteiger partial charge is 0.474 e. The summed E-state index contributed by atoms with van der Waals surface area (Å²) in [6.45, 7) is 19.5. The number of fused-ring (bicyclic) bond motifs is 1. The van der Waals surface area contributed by atoms with Gasteiger partial charge < -0.3 is 24.3 Å². The second-order valence-corrected chi connectivity index (χ2v) is 18.9. The fourth-order valence-corrected chi connectivity index (χ4v) is 9.92. The van der Waals surface area contributed by atoms with E-state index in [0.717, 1.165) is 82.6 Å². The molecule has 0 aliphatic carbocycles. The molecule has 4 atom stereocenters. The number of amides is 3. The molecule has 2 N–H and O–H groups in total. The van der Waals surface area contributed by atoms with Crippen molar-refractivity contribution in [1.29, 1.82) is 0 Å². The monoisotopic (exact) mass is 872 g/mol. The quantitative estimate of drug-likeness (QED) is 0.0919. The van der Waals surface area contributed by atoms with Gasteiger partial charge in [-0.25, -0.2) is 5.43 Å². The van der Waals surface area contributed by atoms with E-state index in [9.17, 15) is 19.2 Å². The van der Waals surface area contributed by atoms with E-state index in [1.54, 1.807) is 23.2 Å². The Labute approximate surface area is 379 Å². The number of aromatic nitrogens is 2. The highest BCUT2D eigenvalue weighted by molar-refractivity contribution is 6.55. The van der Waals surface area contributed by atoms with Crippen LogP contribution in [0.15, 0.2) is 73.4 Å². The van der Waals surface area contributed by atoms with Gasteiger partial charge in [-0.1, -0.05) is 57.2 Å². The summed E-state index contributed by atoms with van der Waals surface area (Å²) < 4.78 is 13.7. The lowest BCUT2D eigenvalue weighted by Crippen LogP contribution is -2.59. The number of benzene rings is 2. The number of carbonyl (C=O) groups excluding carboxylic acids is 4. The summed E-state index contributed by atoms with van der Waals surface area (Å²) in [6.07, 6.45) is 6.51. The van der Waals surface area contributed by atoms with Crippen LogP contribution in [0, 0.1) is 17.3 Å². The predicted octanol–water partition coefficient (Wildman–Crippen LogP) is 5.95. The highest BCUT2D eigenvalue weighted by atomic mass is 16.5. The van der Waals surface area contributed by atoms with E-state index in [1.807, 2.05) is 38.1 Å². The van der Waals surface area contributed by atoms with E-state index in [-0.39, 0.29) is 48.6 Å². The lowest BCUT2D eigenvalue weighted by Gasteiger charge is -2.41. The number of methoxy groups -OCH3 is 1. The molecule has 0 unspecified atom stereocenters. The molecular formula is C50H66BN7O6. The van der Waals surface area contributed by atoms with Crippen molar-refractivity contribution >= 4 is 42.3 Å². The van der Waals surface area contributed by atoms with E-state index in [1.165, 1.54) is 7.85 Å². The summed E-state index contributed by atoms with van der Waals surface area (Å²) in [5.41, 5.74) is 10.9. The van der Waals surface area contributed by atoms with Crippen LogP contribution in [0.4, 0.5) is 4.79 Å². The smallest absolute Gasteiger partial charge is 0.259 e.